The Balaban J connectivity index is 1.37. The van der Waals surface area contributed by atoms with Gasteiger partial charge in [-0.15, -0.1) is 11.3 Å². The lowest BCUT2D eigenvalue weighted by atomic mass is 9.99. The van der Waals surface area contributed by atoms with E-state index in [1.165, 1.54) is 11.3 Å². The highest BCUT2D eigenvalue weighted by atomic mass is 32.2. The Bertz CT molecular complexity index is 1140. The second-order valence-electron chi connectivity index (χ2n) is 8.17. The monoisotopic (exact) mass is 458 g/mol. The fourth-order valence-corrected chi connectivity index (χ4v) is 7.28. The summed E-state index contributed by atoms with van der Waals surface area (Å²) in [7, 11) is -3.24. The van der Waals surface area contributed by atoms with Crippen molar-refractivity contribution in [3.63, 3.8) is 0 Å². The number of rotatable bonds is 5. The fraction of sp³-hybridized carbons (Fsp3) is 0.455. The molecule has 2 aromatic heterocycles. The average Bonchev–Trinajstić information content (AvgIpc) is 3.35. The van der Waals surface area contributed by atoms with Crippen molar-refractivity contribution in [2.45, 2.75) is 17.1 Å². The molecule has 0 saturated carbocycles. The Morgan fingerprint density at radius 2 is 1.97 bits per heavy atom. The van der Waals surface area contributed by atoms with Crippen LogP contribution in [0.25, 0.3) is 10.9 Å². The first-order valence-electron chi connectivity index (χ1n) is 10.7. The second kappa shape index (κ2) is 8.72. The third kappa shape index (κ3) is 4.40. The van der Waals surface area contributed by atoms with E-state index >= 15 is 0 Å². The molecule has 2 aliphatic heterocycles. The van der Waals surface area contributed by atoms with E-state index in [-0.39, 0.29) is 11.7 Å². The van der Waals surface area contributed by atoms with Crippen molar-refractivity contribution in [2.24, 2.45) is 5.92 Å². The van der Waals surface area contributed by atoms with Crippen molar-refractivity contribution in [1.82, 2.24) is 9.97 Å². The van der Waals surface area contributed by atoms with Gasteiger partial charge in [0.25, 0.3) is 0 Å². The van der Waals surface area contributed by atoms with E-state index in [0.29, 0.717) is 10.8 Å². The molecule has 1 unspecified atom stereocenters. The van der Waals surface area contributed by atoms with Gasteiger partial charge in [-0.2, -0.15) is 0 Å². The van der Waals surface area contributed by atoms with Crippen LogP contribution in [0.2, 0.25) is 0 Å². The van der Waals surface area contributed by atoms with E-state index < -0.39 is 9.84 Å². The molecule has 5 rings (SSSR count). The SMILES string of the molecule is O=S(=O)(CC1CCCN(c2ncnc3cc(N4CCOCC4)ccc23)C1)c1cccs1. The third-order valence-corrected chi connectivity index (χ3v) is 9.42. The molecule has 9 heteroatoms. The number of ether oxygens (including phenoxy) is 1. The van der Waals surface area contributed by atoms with Crippen LogP contribution in [0, 0.1) is 5.92 Å². The maximum atomic E-state index is 12.8. The van der Waals surface area contributed by atoms with E-state index in [2.05, 4.69) is 38.0 Å². The van der Waals surface area contributed by atoms with Gasteiger partial charge in [0.05, 0.1) is 24.5 Å². The molecule has 0 radical (unpaired) electrons. The highest BCUT2D eigenvalue weighted by molar-refractivity contribution is 7.93. The number of piperidine rings is 1. The normalized spacial score (nSPS) is 20.3. The molecule has 0 amide bonds. The van der Waals surface area contributed by atoms with Crippen LogP contribution in [-0.4, -0.2) is 63.5 Å². The predicted molar refractivity (Wildman–Crippen MR) is 124 cm³/mol. The summed E-state index contributed by atoms with van der Waals surface area (Å²) < 4.78 is 31.4. The summed E-state index contributed by atoms with van der Waals surface area (Å²) in [5, 5.41) is 2.83. The quantitative estimate of drug-likeness (QED) is 0.581. The number of benzene rings is 1. The minimum absolute atomic E-state index is 0.0958. The van der Waals surface area contributed by atoms with Crippen LogP contribution in [0.3, 0.4) is 0 Å². The lowest BCUT2D eigenvalue weighted by Gasteiger charge is -2.34. The van der Waals surface area contributed by atoms with Crippen molar-refractivity contribution in [2.75, 3.05) is 54.9 Å². The molecule has 0 N–H and O–H groups in total. The van der Waals surface area contributed by atoms with Crippen LogP contribution >= 0.6 is 11.3 Å². The summed E-state index contributed by atoms with van der Waals surface area (Å²) in [6, 6.07) is 9.84. The maximum Gasteiger partial charge on any atom is 0.188 e. The van der Waals surface area contributed by atoms with Gasteiger partial charge in [-0.25, -0.2) is 18.4 Å². The van der Waals surface area contributed by atoms with Gasteiger partial charge >= 0.3 is 0 Å². The van der Waals surface area contributed by atoms with E-state index in [1.807, 2.05) is 5.38 Å². The highest BCUT2D eigenvalue weighted by Crippen LogP contribution is 2.31. The number of nitrogens with zero attached hydrogens (tertiary/aromatic N) is 4. The second-order valence-corrected chi connectivity index (χ2v) is 11.4. The zero-order valence-corrected chi connectivity index (χ0v) is 18.9. The Kier molecular flexibility index (Phi) is 5.81. The Morgan fingerprint density at radius 3 is 2.77 bits per heavy atom. The van der Waals surface area contributed by atoms with Crippen molar-refractivity contribution < 1.29 is 13.2 Å². The van der Waals surface area contributed by atoms with Crippen molar-refractivity contribution in [1.29, 1.82) is 0 Å². The van der Waals surface area contributed by atoms with Crippen LogP contribution in [0.1, 0.15) is 12.8 Å². The first-order chi connectivity index (χ1) is 15.1. The zero-order chi connectivity index (χ0) is 21.3. The molecule has 3 aromatic rings. The van der Waals surface area contributed by atoms with Crippen LogP contribution in [-0.2, 0) is 14.6 Å². The van der Waals surface area contributed by atoms with Gasteiger partial charge in [0.2, 0.25) is 0 Å². The van der Waals surface area contributed by atoms with Gasteiger partial charge in [-0.3, -0.25) is 0 Å². The minimum Gasteiger partial charge on any atom is -0.378 e. The van der Waals surface area contributed by atoms with Crippen molar-refractivity contribution in [3.8, 4) is 0 Å². The van der Waals surface area contributed by atoms with E-state index in [0.717, 1.165) is 68.1 Å². The molecule has 31 heavy (non-hydrogen) atoms. The van der Waals surface area contributed by atoms with Gasteiger partial charge in [0.1, 0.15) is 16.4 Å². The molecule has 0 bridgehead atoms. The average molecular weight is 459 g/mol. The van der Waals surface area contributed by atoms with E-state index in [4.69, 9.17) is 4.74 Å². The van der Waals surface area contributed by atoms with Gasteiger partial charge in [0.15, 0.2) is 9.84 Å². The van der Waals surface area contributed by atoms with Crippen molar-refractivity contribution in [3.05, 3.63) is 42.0 Å². The van der Waals surface area contributed by atoms with Crippen LogP contribution in [0.4, 0.5) is 11.5 Å². The van der Waals surface area contributed by atoms with Crippen molar-refractivity contribution >= 4 is 43.6 Å². The van der Waals surface area contributed by atoms with Gasteiger partial charge in [-0.05, 0) is 48.4 Å². The van der Waals surface area contributed by atoms with Gasteiger partial charge in [0, 0.05) is 37.3 Å². The molecule has 4 heterocycles. The fourth-order valence-electron chi connectivity index (χ4n) is 4.53. The largest absolute Gasteiger partial charge is 0.378 e. The number of aromatic nitrogens is 2. The summed E-state index contributed by atoms with van der Waals surface area (Å²) >= 11 is 1.30. The van der Waals surface area contributed by atoms with Gasteiger partial charge < -0.3 is 14.5 Å². The molecule has 1 aromatic carbocycles. The maximum absolute atomic E-state index is 12.8. The summed E-state index contributed by atoms with van der Waals surface area (Å²) in [5.41, 5.74) is 2.07. The molecular formula is C22H26N4O3S2. The number of fused-ring (bicyclic) bond motifs is 1. The molecule has 0 spiro atoms. The van der Waals surface area contributed by atoms with E-state index in [1.54, 1.807) is 18.5 Å². The molecule has 0 aliphatic carbocycles. The Morgan fingerprint density at radius 1 is 1.10 bits per heavy atom. The predicted octanol–water partition coefficient (Wildman–Crippen LogP) is 3.22. The smallest absolute Gasteiger partial charge is 0.188 e. The highest BCUT2D eigenvalue weighted by Gasteiger charge is 2.28. The topological polar surface area (TPSA) is 75.6 Å². The summed E-state index contributed by atoms with van der Waals surface area (Å²) in [5.74, 6) is 1.18. The van der Waals surface area contributed by atoms with Crippen LogP contribution < -0.4 is 9.80 Å². The van der Waals surface area contributed by atoms with E-state index in [9.17, 15) is 8.42 Å². The molecule has 2 saturated heterocycles. The van der Waals surface area contributed by atoms with Crippen LogP contribution in [0.5, 0.6) is 0 Å². The first-order valence-corrected chi connectivity index (χ1v) is 13.2. The van der Waals surface area contributed by atoms with Crippen LogP contribution in [0.15, 0.2) is 46.2 Å². The number of hydrogen-bond donors (Lipinski definition) is 0. The number of morpholine rings is 1. The molecule has 164 valence electrons. The molecule has 7 nitrogen and oxygen atoms in total. The Labute approximate surface area is 186 Å². The summed E-state index contributed by atoms with van der Waals surface area (Å²) in [6.07, 6.45) is 3.50. The number of thiophene rings is 1. The molecule has 1 atom stereocenters. The number of sulfone groups is 1. The third-order valence-electron chi connectivity index (χ3n) is 6.05. The van der Waals surface area contributed by atoms with Gasteiger partial charge in [-0.1, -0.05) is 6.07 Å². The number of hydrogen-bond acceptors (Lipinski definition) is 8. The lowest BCUT2D eigenvalue weighted by Crippen LogP contribution is -2.38. The first kappa shape index (κ1) is 20.7. The summed E-state index contributed by atoms with van der Waals surface area (Å²) in [6.45, 7) is 4.84. The number of anilines is 2. The molecule has 2 fully saturated rings. The lowest BCUT2D eigenvalue weighted by molar-refractivity contribution is 0.122. The zero-order valence-electron chi connectivity index (χ0n) is 17.3. The standard InChI is InChI=1S/C22H26N4O3S2/c27-31(28,21-4-2-12-30-21)15-17-3-1-7-26(14-17)22-19-6-5-18(13-20(19)23-16-24-22)25-8-10-29-11-9-25/h2,4-6,12-13,16-17H,1,3,7-11,14-15H2. The summed E-state index contributed by atoms with van der Waals surface area (Å²) in [4.78, 5) is 13.7. The Hall–Kier alpha value is -2.23. The molecular weight excluding hydrogens is 432 g/mol. The molecule has 2 aliphatic rings. The minimum atomic E-state index is -3.24.